The van der Waals surface area contributed by atoms with Crippen LogP contribution in [0.15, 0.2) is 0 Å². The van der Waals surface area contributed by atoms with Gasteiger partial charge in [-0.25, -0.2) is 0 Å². The summed E-state index contributed by atoms with van der Waals surface area (Å²) in [4.78, 5) is 0. The minimum Gasteiger partial charge on any atom is -0.326 e. The van der Waals surface area contributed by atoms with Crippen molar-refractivity contribution in [2.24, 2.45) is 5.73 Å². The van der Waals surface area contributed by atoms with Gasteiger partial charge in [0.05, 0.1) is 0 Å². The van der Waals surface area contributed by atoms with Crippen LogP contribution in [0.1, 0.15) is 46.0 Å². The minimum absolute atomic E-state index is 0.424. The summed E-state index contributed by atoms with van der Waals surface area (Å²) >= 11 is 2.05. The van der Waals surface area contributed by atoms with Gasteiger partial charge in [-0.1, -0.05) is 32.6 Å². The van der Waals surface area contributed by atoms with Gasteiger partial charge in [0.25, 0.3) is 0 Å². The van der Waals surface area contributed by atoms with Gasteiger partial charge in [0, 0.05) is 16.5 Å². The van der Waals surface area contributed by atoms with Crippen LogP contribution >= 0.6 is 11.8 Å². The molecule has 0 bridgehead atoms. The van der Waals surface area contributed by atoms with Crippen LogP contribution in [-0.2, 0) is 0 Å². The molecule has 0 spiro atoms. The molecule has 1 saturated heterocycles. The molecule has 12 heavy (non-hydrogen) atoms. The second-order valence-corrected chi connectivity index (χ2v) is 5.60. The lowest BCUT2D eigenvalue weighted by Crippen LogP contribution is -2.53. The Hall–Kier alpha value is 0.310. The lowest BCUT2D eigenvalue weighted by atomic mass is 9.94. The second kappa shape index (κ2) is 4.52. The lowest BCUT2D eigenvalue weighted by Gasteiger charge is -2.44. The van der Waals surface area contributed by atoms with Crippen LogP contribution in [0.3, 0.4) is 0 Å². The van der Waals surface area contributed by atoms with Crippen molar-refractivity contribution in [3.05, 3.63) is 0 Å². The molecule has 0 saturated carbocycles. The molecule has 2 N–H and O–H groups in total. The van der Waals surface area contributed by atoms with Crippen LogP contribution in [0.5, 0.6) is 0 Å². The molecule has 1 aliphatic rings. The van der Waals surface area contributed by atoms with Crippen LogP contribution in [-0.4, -0.2) is 16.5 Å². The predicted molar refractivity (Wildman–Crippen MR) is 57.6 cm³/mol. The summed E-state index contributed by atoms with van der Waals surface area (Å²) in [5.41, 5.74) is 5.95. The van der Waals surface area contributed by atoms with Crippen molar-refractivity contribution in [3.63, 3.8) is 0 Å². The van der Waals surface area contributed by atoms with Crippen molar-refractivity contribution in [2.45, 2.75) is 56.7 Å². The first kappa shape index (κ1) is 10.4. The summed E-state index contributed by atoms with van der Waals surface area (Å²) in [6.45, 7) is 4.57. The Labute approximate surface area is 80.5 Å². The summed E-state index contributed by atoms with van der Waals surface area (Å²) in [5.74, 6) is 1.17. The third kappa shape index (κ3) is 2.40. The van der Waals surface area contributed by atoms with E-state index in [1.807, 2.05) is 11.8 Å². The molecule has 2 heteroatoms. The maximum atomic E-state index is 5.95. The minimum atomic E-state index is 0.424. The number of hydrogen-bond donors (Lipinski definition) is 1. The average Bonchev–Trinajstić information content (AvgIpc) is 2.09. The zero-order valence-electron chi connectivity index (χ0n) is 8.31. The van der Waals surface area contributed by atoms with Gasteiger partial charge >= 0.3 is 0 Å². The van der Waals surface area contributed by atoms with Gasteiger partial charge < -0.3 is 5.73 Å². The maximum Gasteiger partial charge on any atom is 0.0291 e. The van der Waals surface area contributed by atoms with Gasteiger partial charge in [0.15, 0.2) is 0 Å². The second-order valence-electron chi connectivity index (χ2n) is 4.04. The Kier molecular flexibility index (Phi) is 3.91. The highest BCUT2D eigenvalue weighted by Gasteiger charge is 2.40. The number of hydrogen-bond acceptors (Lipinski definition) is 2. The Morgan fingerprint density at radius 3 is 2.58 bits per heavy atom. The van der Waals surface area contributed by atoms with Crippen LogP contribution in [0.4, 0.5) is 0 Å². The van der Waals surface area contributed by atoms with Crippen LogP contribution in [0, 0.1) is 0 Å². The summed E-state index contributed by atoms with van der Waals surface area (Å²) in [6.07, 6.45) is 6.79. The molecule has 0 aliphatic carbocycles. The van der Waals surface area contributed by atoms with Gasteiger partial charge in [0.2, 0.25) is 0 Å². The van der Waals surface area contributed by atoms with E-state index < -0.39 is 0 Å². The third-order valence-electron chi connectivity index (χ3n) is 2.90. The molecule has 2 atom stereocenters. The van der Waals surface area contributed by atoms with Crippen molar-refractivity contribution in [2.75, 3.05) is 5.75 Å². The topological polar surface area (TPSA) is 26.0 Å². The van der Waals surface area contributed by atoms with Crippen LogP contribution < -0.4 is 5.73 Å². The van der Waals surface area contributed by atoms with E-state index in [9.17, 15) is 0 Å². The van der Waals surface area contributed by atoms with Gasteiger partial charge in [-0.2, -0.15) is 11.8 Å². The summed E-state index contributed by atoms with van der Waals surface area (Å²) in [6, 6.07) is 0.462. The summed E-state index contributed by atoms with van der Waals surface area (Å²) < 4.78 is 0.424. The molecule has 0 amide bonds. The molecule has 1 heterocycles. The molecule has 2 unspecified atom stereocenters. The number of rotatable bonds is 5. The molecule has 0 aromatic heterocycles. The van der Waals surface area contributed by atoms with Crippen LogP contribution in [0.2, 0.25) is 0 Å². The Morgan fingerprint density at radius 2 is 2.17 bits per heavy atom. The van der Waals surface area contributed by atoms with Crippen molar-refractivity contribution in [1.82, 2.24) is 0 Å². The van der Waals surface area contributed by atoms with Gasteiger partial charge in [-0.05, 0) is 13.3 Å². The number of unbranched alkanes of at least 4 members (excludes halogenated alkanes) is 3. The smallest absolute Gasteiger partial charge is 0.0291 e. The van der Waals surface area contributed by atoms with E-state index in [1.165, 1.54) is 37.9 Å². The SMILES string of the molecule is CCCCCCC1(C)SCC1N. The fourth-order valence-electron chi connectivity index (χ4n) is 1.62. The zero-order chi connectivity index (χ0) is 9.03. The zero-order valence-corrected chi connectivity index (χ0v) is 9.12. The molecule has 1 aliphatic heterocycles. The van der Waals surface area contributed by atoms with E-state index in [1.54, 1.807) is 0 Å². The predicted octanol–water partition coefficient (Wildman–Crippen LogP) is 2.79. The van der Waals surface area contributed by atoms with E-state index in [0.29, 0.717) is 10.8 Å². The van der Waals surface area contributed by atoms with Crippen molar-refractivity contribution in [3.8, 4) is 0 Å². The molecule has 0 aromatic rings. The largest absolute Gasteiger partial charge is 0.326 e. The van der Waals surface area contributed by atoms with Gasteiger partial charge in [0.1, 0.15) is 0 Å². The quantitative estimate of drug-likeness (QED) is 0.670. The maximum absolute atomic E-state index is 5.95. The fraction of sp³-hybridized carbons (Fsp3) is 1.00. The number of nitrogens with two attached hydrogens (primary N) is 1. The van der Waals surface area contributed by atoms with E-state index in [0.717, 1.165) is 0 Å². The molecular formula is C10H21NS. The highest BCUT2D eigenvalue weighted by Crippen LogP contribution is 2.43. The highest BCUT2D eigenvalue weighted by atomic mass is 32.2. The Morgan fingerprint density at radius 1 is 1.42 bits per heavy atom. The van der Waals surface area contributed by atoms with E-state index in [-0.39, 0.29) is 0 Å². The standard InChI is InChI=1S/C10H21NS/c1-3-4-5-6-7-10(2)9(11)8-12-10/h9H,3-8,11H2,1-2H3. The molecule has 1 nitrogen and oxygen atoms in total. The molecule has 72 valence electrons. The van der Waals surface area contributed by atoms with Gasteiger partial charge in [-0.15, -0.1) is 0 Å². The van der Waals surface area contributed by atoms with Crippen molar-refractivity contribution >= 4 is 11.8 Å². The molecule has 1 fully saturated rings. The van der Waals surface area contributed by atoms with E-state index >= 15 is 0 Å². The monoisotopic (exact) mass is 187 g/mol. The van der Waals surface area contributed by atoms with E-state index in [4.69, 9.17) is 5.73 Å². The molecule has 0 aromatic carbocycles. The first-order valence-electron chi connectivity index (χ1n) is 5.08. The van der Waals surface area contributed by atoms with Gasteiger partial charge in [-0.3, -0.25) is 0 Å². The molecular weight excluding hydrogens is 166 g/mol. The van der Waals surface area contributed by atoms with Crippen molar-refractivity contribution in [1.29, 1.82) is 0 Å². The van der Waals surface area contributed by atoms with E-state index in [2.05, 4.69) is 13.8 Å². The van der Waals surface area contributed by atoms with Crippen LogP contribution in [0.25, 0.3) is 0 Å². The molecule has 1 rings (SSSR count). The number of thioether (sulfide) groups is 1. The third-order valence-corrected chi connectivity index (χ3v) is 4.60. The first-order chi connectivity index (χ1) is 5.69. The molecule has 0 radical (unpaired) electrons. The average molecular weight is 187 g/mol. The Balaban J connectivity index is 2.06. The first-order valence-corrected chi connectivity index (χ1v) is 6.07. The Bertz CT molecular complexity index is 138. The highest BCUT2D eigenvalue weighted by molar-refractivity contribution is 8.02. The lowest BCUT2D eigenvalue weighted by molar-refractivity contribution is 0.444. The van der Waals surface area contributed by atoms with Crippen molar-refractivity contribution < 1.29 is 0 Å². The normalized spacial score (nSPS) is 34.8. The summed E-state index contributed by atoms with van der Waals surface area (Å²) in [5, 5.41) is 0. The fourth-order valence-corrected chi connectivity index (χ4v) is 2.84. The summed E-state index contributed by atoms with van der Waals surface area (Å²) in [7, 11) is 0.